The van der Waals surface area contributed by atoms with E-state index in [0.717, 1.165) is 31.6 Å². The highest BCUT2D eigenvalue weighted by atomic mass is 16.5. The minimum atomic E-state index is -0.00435. The molecule has 0 radical (unpaired) electrons. The molecule has 1 aromatic rings. The quantitative estimate of drug-likeness (QED) is 0.736. The minimum absolute atomic E-state index is 0.00435. The largest absolute Gasteiger partial charge is 0.497 e. The monoisotopic (exact) mass is 291 g/mol. The molecule has 1 aliphatic carbocycles. The van der Waals surface area contributed by atoms with Gasteiger partial charge in [0.15, 0.2) is 0 Å². The SMILES string of the molecule is CCCCCCCOC1CCc2cc(OC)ccc2C1N. The Morgan fingerprint density at radius 3 is 2.76 bits per heavy atom. The van der Waals surface area contributed by atoms with Crippen LogP contribution in [-0.2, 0) is 11.2 Å². The maximum Gasteiger partial charge on any atom is 0.119 e. The number of unbranched alkanes of at least 4 members (excludes halogenated alkanes) is 4. The lowest BCUT2D eigenvalue weighted by molar-refractivity contribution is 0.0229. The second-order valence-electron chi connectivity index (χ2n) is 5.95. The first-order valence-corrected chi connectivity index (χ1v) is 8.30. The Morgan fingerprint density at radius 1 is 1.19 bits per heavy atom. The molecule has 0 heterocycles. The lowest BCUT2D eigenvalue weighted by atomic mass is 9.86. The van der Waals surface area contributed by atoms with E-state index in [4.69, 9.17) is 15.2 Å². The molecule has 1 aromatic carbocycles. The highest BCUT2D eigenvalue weighted by Crippen LogP contribution is 2.32. The molecule has 0 aliphatic heterocycles. The van der Waals surface area contributed by atoms with E-state index in [-0.39, 0.29) is 12.1 Å². The van der Waals surface area contributed by atoms with E-state index >= 15 is 0 Å². The molecule has 2 N–H and O–H groups in total. The summed E-state index contributed by atoms with van der Waals surface area (Å²) in [5.41, 5.74) is 8.91. The van der Waals surface area contributed by atoms with Crippen LogP contribution >= 0.6 is 0 Å². The van der Waals surface area contributed by atoms with E-state index in [2.05, 4.69) is 19.1 Å². The van der Waals surface area contributed by atoms with Gasteiger partial charge >= 0.3 is 0 Å². The van der Waals surface area contributed by atoms with Crippen LogP contribution in [0.5, 0.6) is 5.75 Å². The third-order valence-electron chi connectivity index (χ3n) is 4.39. The Labute approximate surface area is 128 Å². The van der Waals surface area contributed by atoms with Gasteiger partial charge in [0.1, 0.15) is 5.75 Å². The number of benzene rings is 1. The molecule has 2 rings (SSSR count). The summed E-state index contributed by atoms with van der Waals surface area (Å²) in [6, 6.07) is 6.19. The van der Waals surface area contributed by atoms with Gasteiger partial charge in [-0.05, 0) is 42.5 Å². The number of hydrogen-bond donors (Lipinski definition) is 1. The van der Waals surface area contributed by atoms with Crippen LogP contribution in [0.2, 0.25) is 0 Å². The summed E-state index contributed by atoms with van der Waals surface area (Å²) in [6.07, 6.45) is 8.56. The second-order valence-corrected chi connectivity index (χ2v) is 5.95. The zero-order valence-corrected chi connectivity index (χ0v) is 13.4. The van der Waals surface area contributed by atoms with Gasteiger partial charge in [-0.1, -0.05) is 38.7 Å². The normalized spacial score (nSPS) is 21.1. The maximum atomic E-state index is 6.38. The molecule has 0 aromatic heterocycles. The lowest BCUT2D eigenvalue weighted by Crippen LogP contribution is -2.34. The molecule has 0 spiro atoms. The predicted molar refractivity (Wildman–Crippen MR) is 86.7 cm³/mol. The molecule has 3 nitrogen and oxygen atoms in total. The second kappa shape index (κ2) is 8.40. The van der Waals surface area contributed by atoms with Crippen LogP contribution in [0, 0.1) is 0 Å². The maximum absolute atomic E-state index is 6.38. The number of methoxy groups -OCH3 is 1. The van der Waals surface area contributed by atoms with E-state index in [9.17, 15) is 0 Å². The van der Waals surface area contributed by atoms with Crippen LogP contribution in [0.25, 0.3) is 0 Å². The molecule has 2 atom stereocenters. The summed E-state index contributed by atoms with van der Waals surface area (Å²) in [5, 5.41) is 0. The van der Waals surface area contributed by atoms with Gasteiger partial charge < -0.3 is 15.2 Å². The minimum Gasteiger partial charge on any atom is -0.497 e. The summed E-state index contributed by atoms with van der Waals surface area (Å²) in [7, 11) is 1.70. The van der Waals surface area contributed by atoms with Crippen molar-refractivity contribution in [1.29, 1.82) is 0 Å². The first-order valence-electron chi connectivity index (χ1n) is 8.30. The third kappa shape index (κ3) is 4.45. The van der Waals surface area contributed by atoms with Gasteiger partial charge in [-0.3, -0.25) is 0 Å². The molecule has 0 bridgehead atoms. The molecule has 118 valence electrons. The highest BCUT2D eigenvalue weighted by Gasteiger charge is 2.27. The molecule has 0 saturated heterocycles. The van der Waals surface area contributed by atoms with E-state index in [0.29, 0.717) is 0 Å². The summed E-state index contributed by atoms with van der Waals surface area (Å²) >= 11 is 0. The van der Waals surface area contributed by atoms with Gasteiger partial charge in [0.05, 0.1) is 19.3 Å². The van der Waals surface area contributed by atoms with Gasteiger partial charge in [0.25, 0.3) is 0 Å². The first-order chi connectivity index (χ1) is 10.3. The average molecular weight is 291 g/mol. The Kier molecular flexibility index (Phi) is 6.52. The Bertz CT molecular complexity index is 433. The van der Waals surface area contributed by atoms with Crippen molar-refractivity contribution < 1.29 is 9.47 Å². The predicted octanol–water partition coefficient (Wildman–Crippen LogP) is 4.00. The molecule has 0 saturated carbocycles. The van der Waals surface area contributed by atoms with Crippen LogP contribution in [0.4, 0.5) is 0 Å². The van der Waals surface area contributed by atoms with Crippen molar-refractivity contribution >= 4 is 0 Å². The van der Waals surface area contributed by atoms with Crippen molar-refractivity contribution in [3.05, 3.63) is 29.3 Å². The van der Waals surface area contributed by atoms with Gasteiger partial charge in [0.2, 0.25) is 0 Å². The van der Waals surface area contributed by atoms with Crippen molar-refractivity contribution in [3.63, 3.8) is 0 Å². The summed E-state index contributed by atoms with van der Waals surface area (Å²) in [4.78, 5) is 0. The number of fused-ring (bicyclic) bond motifs is 1. The van der Waals surface area contributed by atoms with E-state index in [1.165, 1.54) is 36.8 Å². The van der Waals surface area contributed by atoms with Crippen LogP contribution in [-0.4, -0.2) is 19.8 Å². The molecular formula is C18H29NO2. The molecule has 21 heavy (non-hydrogen) atoms. The Hall–Kier alpha value is -1.06. The molecule has 3 heteroatoms. The number of hydrogen-bond acceptors (Lipinski definition) is 3. The summed E-state index contributed by atoms with van der Waals surface area (Å²) in [6.45, 7) is 3.08. The lowest BCUT2D eigenvalue weighted by Gasteiger charge is -2.31. The van der Waals surface area contributed by atoms with Crippen LogP contribution in [0.3, 0.4) is 0 Å². The molecular weight excluding hydrogens is 262 g/mol. The van der Waals surface area contributed by atoms with Crippen LogP contribution in [0.15, 0.2) is 18.2 Å². The van der Waals surface area contributed by atoms with Crippen molar-refractivity contribution in [2.45, 2.75) is 64.0 Å². The van der Waals surface area contributed by atoms with Crippen LogP contribution < -0.4 is 10.5 Å². The highest BCUT2D eigenvalue weighted by molar-refractivity contribution is 5.39. The van der Waals surface area contributed by atoms with Crippen molar-refractivity contribution in [3.8, 4) is 5.75 Å². The zero-order chi connectivity index (χ0) is 15.1. The van der Waals surface area contributed by atoms with Gasteiger partial charge in [-0.25, -0.2) is 0 Å². The number of aryl methyl sites for hydroxylation is 1. The average Bonchev–Trinajstić information content (AvgIpc) is 2.52. The number of ether oxygens (including phenoxy) is 2. The van der Waals surface area contributed by atoms with E-state index in [1.54, 1.807) is 7.11 Å². The molecule has 0 fully saturated rings. The Balaban J connectivity index is 1.81. The van der Waals surface area contributed by atoms with E-state index in [1.807, 2.05) is 6.07 Å². The van der Waals surface area contributed by atoms with Crippen molar-refractivity contribution in [2.24, 2.45) is 5.73 Å². The van der Waals surface area contributed by atoms with Gasteiger partial charge in [-0.15, -0.1) is 0 Å². The summed E-state index contributed by atoms with van der Waals surface area (Å²) < 4.78 is 11.3. The molecule has 0 amide bonds. The van der Waals surface area contributed by atoms with Gasteiger partial charge in [0, 0.05) is 6.61 Å². The molecule has 1 aliphatic rings. The van der Waals surface area contributed by atoms with Crippen molar-refractivity contribution in [2.75, 3.05) is 13.7 Å². The smallest absolute Gasteiger partial charge is 0.119 e. The van der Waals surface area contributed by atoms with Gasteiger partial charge in [-0.2, -0.15) is 0 Å². The topological polar surface area (TPSA) is 44.5 Å². The van der Waals surface area contributed by atoms with Crippen LogP contribution in [0.1, 0.15) is 62.6 Å². The summed E-state index contributed by atoms with van der Waals surface area (Å²) in [5.74, 6) is 0.913. The fraction of sp³-hybridized carbons (Fsp3) is 0.667. The zero-order valence-electron chi connectivity index (χ0n) is 13.4. The third-order valence-corrected chi connectivity index (χ3v) is 4.39. The fourth-order valence-electron chi connectivity index (χ4n) is 3.06. The first kappa shape index (κ1) is 16.3. The number of nitrogens with two attached hydrogens (primary N) is 1. The standard InChI is InChI=1S/C18H29NO2/c1-3-4-5-6-7-12-21-17-11-8-14-13-15(20-2)9-10-16(14)18(17)19/h9-10,13,17-18H,3-8,11-12,19H2,1-2H3. The number of rotatable bonds is 8. The van der Waals surface area contributed by atoms with E-state index < -0.39 is 0 Å². The Morgan fingerprint density at radius 2 is 2.00 bits per heavy atom. The molecule has 2 unspecified atom stereocenters. The fourth-order valence-corrected chi connectivity index (χ4v) is 3.06. The van der Waals surface area contributed by atoms with Crippen molar-refractivity contribution in [1.82, 2.24) is 0 Å².